The minimum atomic E-state index is -1.96. The number of benzene rings is 1. The quantitative estimate of drug-likeness (QED) is 0.732. The number of rotatable bonds is 3. The lowest BCUT2D eigenvalue weighted by Crippen LogP contribution is -2.14. The van der Waals surface area contributed by atoms with Crippen molar-refractivity contribution in [2.24, 2.45) is 0 Å². The Hall–Kier alpha value is -2.26. The van der Waals surface area contributed by atoms with Gasteiger partial charge in [0.2, 0.25) is 0 Å². The minimum Gasteiger partial charge on any atom is -0.479 e. The second kappa shape index (κ2) is 4.51. The molecular formula is C10H6FNO4. The summed E-state index contributed by atoms with van der Waals surface area (Å²) >= 11 is 0. The predicted octanol–water partition coefficient (Wildman–Crippen LogP) is 0.628. The van der Waals surface area contributed by atoms with Crippen LogP contribution in [0.4, 0.5) is 4.39 Å². The fourth-order valence-electron chi connectivity index (χ4n) is 1.22. The van der Waals surface area contributed by atoms with Crippen LogP contribution in [0.25, 0.3) is 0 Å². The summed E-state index contributed by atoms with van der Waals surface area (Å²) in [6.45, 7) is 0. The summed E-state index contributed by atoms with van der Waals surface area (Å²) in [5.74, 6) is -2.52. The molecule has 0 saturated heterocycles. The third-order valence-electron chi connectivity index (χ3n) is 1.99. The van der Waals surface area contributed by atoms with E-state index in [0.717, 1.165) is 12.1 Å². The van der Waals surface area contributed by atoms with E-state index in [4.69, 9.17) is 10.4 Å². The van der Waals surface area contributed by atoms with Gasteiger partial charge in [-0.05, 0) is 6.07 Å². The second-order valence-corrected chi connectivity index (χ2v) is 2.90. The molecule has 16 heavy (non-hydrogen) atoms. The molecule has 0 fully saturated rings. The minimum absolute atomic E-state index is 0.142. The van der Waals surface area contributed by atoms with Gasteiger partial charge in [0.25, 0.3) is 0 Å². The lowest BCUT2D eigenvalue weighted by molar-refractivity contribution is -0.146. The SMILES string of the molecule is N#Cc1c(F)ccc(C(O)C(=O)O)c1C=O. The average Bonchev–Trinajstić information content (AvgIpc) is 2.27. The monoisotopic (exact) mass is 223 g/mol. The maximum absolute atomic E-state index is 13.1. The normalized spacial score (nSPS) is 11.6. The summed E-state index contributed by atoms with van der Waals surface area (Å²) in [4.78, 5) is 21.2. The molecule has 2 N–H and O–H groups in total. The number of hydrogen-bond donors (Lipinski definition) is 2. The molecule has 0 aliphatic rings. The Morgan fingerprint density at radius 1 is 1.56 bits per heavy atom. The molecule has 0 aromatic heterocycles. The van der Waals surface area contributed by atoms with Gasteiger partial charge in [-0.3, -0.25) is 4.79 Å². The van der Waals surface area contributed by atoms with Gasteiger partial charge in [-0.1, -0.05) is 6.07 Å². The zero-order valence-corrected chi connectivity index (χ0v) is 7.85. The van der Waals surface area contributed by atoms with Crippen molar-refractivity contribution in [1.29, 1.82) is 5.26 Å². The van der Waals surface area contributed by atoms with E-state index in [-0.39, 0.29) is 11.8 Å². The molecule has 1 unspecified atom stereocenters. The Kier molecular flexibility index (Phi) is 3.33. The van der Waals surface area contributed by atoms with Crippen LogP contribution in [-0.4, -0.2) is 22.5 Å². The number of nitrogens with zero attached hydrogens (tertiary/aromatic N) is 1. The van der Waals surface area contributed by atoms with E-state index >= 15 is 0 Å². The fraction of sp³-hybridized carbons (Fsp3) is 0.100. The maximum Gasteiger partial charge on any atom is 0.337 e. The van der Waals surface area contributed by atoms with Gasteiger partial charge in [0.15, 0.2) is 12.4 Å². The Morgan fingerprint density at radius 2 is 2.19 bits per heavy atom. The number of carboxylic acid groups (broad SMARTS) is 1. The number of aldehydes is 1. The summed E-state index contributed by atoms with van der Waals surface area (Å²) < 4.78 is 13.1. The highest BCUT2D eigenvalue weighted by molar-refractivity contribution is 5.85. The van der Waals surface area contributed by atoms with Crippen molar-refractivity contribution in [3.63, 3.8) is 0 Å². The van der Waals surface area contributed by atoms with Gasteiger partial charge in [-0.25, -0.2) is 9.18 Å². The third-order valence-corrected chi connectivity index (χ3v) is 1.99. The molecule has 1 rings (SSSR count). The number of carbonyl (C=O) groups is 2. The fourth-order valence-corrected chi connectivity index (χ4v) is 1.22. The number of carboxylic acids is 1. The molecular weight excluding hydrogens is 217 g/mol. The van der Waals surface area contributed by atoms with Crippen molar-refractivity contribution >= 4 is 12.3 Å². The standard InChI is InChI=1S/C10H6FNO4/c11-8-2-1-5(9(14)10(15)16)7(4-13)6(8)3-12/h1-2,4,9,14H,(H,15,16). The summed E-state index contributed by atoms with van der Waals surface area (Å²) in [5, 5.41) is 26.4. The number of aliphatic hydroxyl groups excluding tert-OH is 1. The van der Waals surface area contributed by atoms with E-state index in [1.54, 1.807) is 0 Å². The maximum atomic E-state index is 13.1. The Morgan fingerprint density at radius 3 is 2.62 bits per heavy atom. The van der Waals surface area contributed by atoms with E-state index in [0.29, 0.717) is 0 Å². The van der Waals surface area contributed by atoms with Crippen molar-refractivity contribution in [3.8, 4) is 6.07 Å². The van der Waals surface area contributed by atoms with Crippen LogP contribution in [0.15, 0.2) is 12.1 Å². The van der Waals surface area contributed by atoms with Crippen LogP contribution in [0.1, 0.15) is 27.6 Å². The lowest BCUT2D eigenvalue weighted by Gasteiger charge is -2.09. The highest BCUT2D eigenvalue weighted by Crippen LogP contribution is 2.22. The third kappa shape index (κ3) is 1.89. The van der Waals surface area contributed by atoms with Crippen molar-refractivity contribution in [2.45, 2.75) is 6.10 Å². The molecule has 0 heterocycles. The van der Waals surface area contributed by atoms with Gasteiger partial charge in [0.05, 0.1) is 5.56 Å². The van der Waals surface area contributed by atoms with Gasteiger partial charge in [0, 0.05) is 11.1 Å². The first kappa shape index (κ1) is 11.8. The number of carbonyl (C=O) groups excluding carboxylic acids is 1. The molecule has 0 amide bonds. The summed E-state index contributed by atoms with van der Waals surface area (Å²) in [6.07, 6.45) is -1.82. The van der Waals surface area contributed by atoms with E-state index < -0.39 is 29.0 Å². The van der Waals surface area contributed by atoms with E-state index in [2.05, 4.69) is 0 Å². The summed E-state index contributed by atoms with van der Waals surface area (Å²) in [7, 11) is 0. The Labute approximate surface area is 89.4 Å². The molecule has 0 aliphatic heterocycles. The number of halogens is 1. The van der Waals surface area contributed by atoms with Crippen LogP contribution in [0.5, 0.6) is 0 Å². The number of nitriles is 1. The topological polar surface area (TPSA) is 98.4 Å². The van der Waals surface area contributed by atoms with Crippen LogP contribution in [-0.2, 0) is 4.79 Å². The number of aliphatic hydroxyl groups is 1. The highest BCUT2D eigenvalue weighted by atomic mass is 19.1. The van der Waals surface area contributed by atoms with Gasteiger partial charge in [0.1, 0.15) is 11.9 Å². The predicted molar refractivity (Wildman–Crippen MR) is 49.1 cm³/mol. The van der Waals surface area contributed by atoms with Gasteiger partial charge < -0.3 is 10.2 Å². The van der Waals surface area contributed by atoms with Crippen molar-refractivity contribution in [1.82, 2.24) is 0 Å². The smallest absolute Gasteiger partial charge is 0.337 e. The molecule has 1 aromatic carbocycles. The van der Waals surface area contributed by atoms with Crippen molar-refractivity contribution < 1.29 is 24.2 Å². The Bertz CT molecular complexity index is 492. The molecule has 0 bridgehead atoms. The van der Waals surface area contributed by atoms with Crippen LogP contribution < -0.4 is 0 Å². The molecule has 82 valence electrons. The molecule has 6 heteroatoms. The number of aliphatic carboxylic acids is 1. The van der Waals surface area contributed by atoms with Crippen molar-refractivity contribution in [2.75, 3.05) is 0 Å². The lowest BCUT2D eigenvalue weighted by atomic mass is 9.98. The van der Waals surface area contributed by atoms with E-state index in [1.165, 1.54) is 6.07 Å². The molecule has 5 nitrogen and oxygen atoms in total. The largest absolute Gasteiger partial charge is 0.479 e. The summed E-state index contributed by atoms with van der Waals surface area (Å²) in [6, 6.07) is 3.22. The van der Waals surface area contributed by atoms with Crippen LogP contribution in [0.2, 0.25) is 0 Å². The van der Waals surface area contributed by atoms with E-state index in [9.17, 15) is 19.1 Å². The van der Waals surface area contributed by atoms with Gasteiger partial charge in [-0.15, -0.1) is 0 Å². The first-order chi connectivity index (χ1) is 7.52. The zero-order valence-electron chi connectivity index (χ0n) is 7.85. The average molecular weight is 223 g/mol. The van der Waals surface area contributed by atoms with Gasteiger partial charge >= 0.3 is 5.97 Å². The van der Waals surface area contributed by atoms with Crippen LogP contribution >= 0.6 is 0 Å². The first-order valence-electron chi connectivity index (χ1n) is 4.11. The molecule has 1 aromatic rings. The number of hydrogen-bond acceptors (Lipinski definition) is 4. The zero-order chi connectivity index (χ0) is 12.3. The van der Waals surface area contributed by atoms with Crippen LogP contribution in [0, 0.1) is 17.1 Å². The Balaban J connectivity index is 3.48. The molecule has 0 radical (unpaired) electrons. The van der Waals surface area contributed by atoms with Gasteiger partial charge in [-0.2, -0.15) is 5.26 Å². The molecule has 1 atom stereocenters. The van der Waals surface area contributed by atoms with Crippen molar-refractivity contribution in [3.05, 3.63) is 34.6 Å². The van der Waals surface area contributed by atoms with E-state index in [1.807, 2.05) is 0 Å². The first-order valence-corrected chi connectivity index (χ1v) is 4.11. The second-order valence-electron chi connectivity index (χ2n) is 2.90. The molecule has 0 aliphatic carbocycles. The van der Waals surface area contributed by atoms with Crippen LogP contribution in [0.3, 0.4) is 0 Å². The molecule has 0 spiro atoms. The summed E-state index contributed by atoms with van der Waals surface area (Å²) in [5.41, 5.74) is -1.33. The molecule has 0 saturated carbocycles. The highest BCUT2D eigenvalue weighted by Gasteiger charge is 2.23.